The smallest absolute Gasteiger partial charge is 0.416 e. The van der Waals surface area contributed by atoms with E-state index in [1.165, 1.54) is 17.0 Å². The fourth-order valence-electron chi connectivity index (χ4n) is 2.18. The lowest BCUT2D eigenvalue weighted by Gasteiger charge is -2.33. The van der Waals surface area contributed by atoms with E-state index in [-0.39, 0.29) is 31.7 Å². The average Bonchev–Trinajstić information content (AvgIpc) is 2.45. The van der Waals surface area contributed by atoms with Crippen LogP contribution in [0.4, 0.5) is 18.9 Å². The van der Waals surface area contributed by atoms with Crippen molar-refractivity contribution in [2.45, 2.75) is 25.1 Å². The van der Waals surface area contributed by atoms with Crippen molar-refractivity contribution in [3.8, 4) is 0 Å². The van der Waals surface area contributed by atoms with Gasteiger partial charge < -0.3 is 14.7 Å². The first-order valence-electron chi connectivity index (χ1n) is 6.58. The molecular weight excluding hydrogens is 303 g/mol. The second kappa shape index (κ2) is 6.35. The molecule has 1 N–H and O–H groups in total. The zero-order chi connectivity index (χ0) is 16.3. The van der Waals surface area contributed by atoms with E-state index in [0.717, 1.165) is 12.1 Å². The van der Waals surface area contributed by atoms with Crippen LogP contribution in [-0.2, 0) is 20.5 Å². The molecule has 22 heavy (non-hydrogen) atoms. The lowest BCUT2D eigenvalue weighted by molar-refractivity contribution is -0.139. The maximum absolute atomic E-state index is 12.7. The molecule has 1 aromatic rings. The summed E-state index contributed by atoms with van der Waals surface area (Å²) in [6.45, 7) is -0.242. The minimum atomic E-state index is -4.49. The first-order chi connectivity index (χ1) is 10.3. The van der Waals surface area contributed by atoms with E-state index in [9.17, 15) is 22.8 Å². The number of amides is 1. The Labute approximate surface area is 124 Å². The molecular formula is C14H14F3NO4. The highest BCUT2D eigenvalue weighted by Crippen LogP contribution is 2.32. The van der Waals surface area contributed by atoms with Crippen LogP contribution in [0.3, 0.4) is 0 Å². The quantitative estimate of drug-likeness (QED) is 0.925. The Morgan fingerprint density at radius 1 is 1.41 bits per heavy atom. The van der Waals surface area contributed by atoms with Crippen molar-refractivity contribution in [1.82, 2.24) is 0 Å². The second-order valence-corrected chi connectivity index (χ2v) is 4.92. The molecule has 2 rings (SSSR count). The van der Waals surface area contributed by atoms with E-state index in [4.69, 9.17) is 9.84 Å². The summed E-state index contributed by atoms with van der Waals surface area (Å²) in [6.07, 6.45) is -4.94. The number of ether oxygens (including phenoxy) is 1. The molecule has 0 aliphatic carbocycles. The predicted molar refractivity (Wildman–Crippen MR) is 70.4 cm³/mol. The van der Waals surface area contributed by atoms with Crippen molar-refractivity contribution >= 4 is 17.6 Å². The number of carboxylic acid groups (broad SMARTS) is 1. The number of anilines is 1. The fraction of sp³-hybridized carbons (Fsp3) is 0.429. The number of carbonyl (C=O) groups excluding carboxylic acids is 1. The van der Waals surface area contributed by atoms with Gasteiger partial charge in [-0.3, -0.25) is 9.59 Å². The summed E-state index contributed by atoms with van der Waals surface area (Å²) >= 11 is 0. The average molecular weight is 317 g/mol. The Kier molecular flexibility index (Phi) is 4.70. The highest BCUT2D eigenvalue weighted by Gasteiger charge is 2.33. The van der Waals surface area contributed by atoms with Crippen molar-refractivity contribution in [2.75, 3.05) is 18.1 Å². The monoisotopic (exact) mass is 317 g/mol. The first-order valence-corrected chi connectivity index (χ1v) is 6.58. The van der Waals surface area contributed by atoms with Gasteiger partial charge in [-0.15, -0.1) is 0 Å². The Hall–Kier alpha value is -2.09. The number of morpholine rings is 1. The molecule has 1 unspecified atom stereocenters. The SMILES string of the molecule is O=C(O)CCC1CN(c2cccc(C(F)(F)F)c2)C(=O)CO1. The summed E-state index contributed by atoms with van der Waals surface area (Å²) in [4.78, 5) is 23.6. The normalized spacial score (nSPS) is 19.3. The van der Waals surface area contributed by atoms with Crippen LogP contribution in [0, 0.1) is 0 Å². The van der Waals surface area contributed by atoms with Crippen molar-refractivity contribution < 1.29 is 32.6 Å². The van der Waals surface area contributed by atoms with Gasteiger partial charge in [0.05, 0.1) is 18.2 Å². The van der Waals surface area contributed by atoms with Crippen molar-refractivity contribution in [3.63, 3.8) is 0 Å². The van der Waals surface area contributed by atoms with Gasteiger partial charge in [0.25, 0.3) is 5.91 Å². The number of carboxylic acids is 1. The lowest BCUT2D eigenvalue weighted by Crippen LogP contribution is -2.47. The Balaban J connectivity index is 2.15. The molecule has 1 saturated heterocycles. The Morgan fingerprint density at radius 3 is 2.77 bits per heavy atom. The maximum atomic E-state index is 12.7. The summed E-state index contributed by atoms with van der Waals surface area (Å²) in [5, 5.41) is 8.64. The number of nitrogens with zero attached hydrogens (tertiary/aromatic N) is 1. The molecule has 0 aromatic heterocycles. The standard InChI is InChI=1S/C14H14F3NO4/c15-14(16,17)9-2-1-3-10(6-9)18-7-11(4-5-13(20)21)22-8-12(18)19/h1-3,6,11H,4-5,7-8H2,(H,20,21). The molecule has 0 spiro atoms. The number of hydrogen-bond acceptors (Lipinski definition) is 3. The van der Waals surface area contributed by atoms with Crippen LogP contribution in [0.2, 0.25) is 0 Å². The van der Waals surface area contributed by atoms with Crippen molar-refractivity contribution in [1.29, 1.82) is 0 Å². The van der Waals surface area contributed by atoms with Crippen LogP contribution in [-0.4, -0.2) is 36.2 Å². The first kappa shape index (κ1) is 16.3. The maximum Gasteiger partial charge on any atom is 0.416 e. The lowest BCUT2D eigenvalue weighted by atomic mass is 10.1. The van der Waals surface area contributed by atoms with Gasteiger partial charge in [0.1, 0.15) is 6.61 Å². The highest BCUT2D eigenvalue weighted by molar-refractivity contribution is 5.95. The number of hydrogen-bond donors (Lipinski definition) is 1. The summed E-state index contributed by atoms with van der Waals surface area (Å²) < 4.78 is 43.4. The highest BCUT2D eigenvalue weighted by atomic mass is 19.4. The second-order valence-electron chi connectivity index (χ2n) is 4.92. The molecule has 1 aliphatic rings. The number of benzene rings is 1. The van der Waals surface area contributed by atoms with Crippen molar-refractivity contribution in [2.24, 2.45) is 0 Å². The molecule has 1 fully saturated rings. The topological polar surface area (TPSA) is 66.8 Å². The number of aliphatic carboxylic acids is 1. The van der Waals surface area contributed by atoms with Crippen LogP contribution >= 0.6 is 0 Å². The van der Waals surface area contributed by atoms with Gasteiger partial charge in [0.15, 0.2) is 0 Å². The number of alkyl halides is 3. The fourth-order valence-corrected chi connectivity index (χ4v) is 2.18. The molecule has 5 nitrogen and oxygen atoms in total. The van der Waals surface area contributed by atoms with Crippen LogP contribution in [0.5, 0.6) is 0 Å². The molecule has 0 saturated carbocycles. The third-order valence-electron chi connectivity index (χ3n) is 3.30. The van der Waals surface area contributed by atoms with E-state index in [2.05, 4.69) is 0 Å². The van der Waals surface area contributed by atoms with E-state index >= 15 is 0 Å². The van der Waals surface area contributed by atoms with Gasteiger partial charge >= 0.3 is 12.1 Å². The molecule has 1 atom stereocenters. The van der Waals surface area contributed by atoms with Crippen molar-refractivity contribution in [3.05, 3.63) is 29.8 Å². The van der Waals surface area contributed by atoms with E-state index in [0.29, 0.717) is 0 Å². The minimum absolute atomic E-state index is 0.0351. The molecule has 1 aromatic carbocycles. The number of halogens is 3. The van der Waals surface area contributed by atoms with Gasteiger partial charge in [0.2, 0.25) is 0 Å². The third kappa shape index (κ3) is 3.97. The Bertz CT molecular complexity index is 573. The molecule has 120 valence electrons. The summed E-state index contributed by atoms with van der Waals surface area (Å²) in [5.74, 6) is -1.45. The van der Waals surface area contributed by atoms with Gasteiger partial charge in [0, 0.05) is 12.1 Å². The number of carbonyl (C=O) groups is 2. The Morgan fingerprint density at radius 2 is 2.14 bits per heavy atom. The molecule has 1 aliphatic heterocycles. The molecule has 0 bridgehead atoms. The molecule has 1 amide bonds. The van der Waals surface area contributed by atoms with Gasteiger partial charge in [-0.05, 0) is 24.6 Å². The van der Waals surface area contributed by atoms with Gasteiger partial charge in [-0.25, -0.2) is 0 Å². The van der Waals surface area contributed by atoms with E-state index in [1.54, 1.807) is 0 Å². The largest absolute Gasteiger partial charge is 0.481 e. The summed E-state index contributed by atoms with van der Waals surface area (Å²) in [5.41, 5.74) is -0.713. The van der Waals surface area contributed by atoms with Crippen LogP contribution in [0.15, 0.2) is 24.3 Å². The molecule has 0 radical (unpaired) electrons. The summed E-state index contributed by atoms with van der Waals surface area (Å²) in [7, 11) is 0. The summed E-state index contributed by atoms with van der Waals surface area (Å²) in [6, 6.07) is 4.47. The predicted octanol–water partition coefficient (Wildman–Crippen LogP) is 2.30. The zero-order valence-corrected chi connectivity index (χ0v) is 11.5. The van der Waals surface area contributed by atoms with E-state index in [1.807, 2.05) is 0 Å². The third-order valence-corrected chi connectivity index (χ3v) is 3.30. The van der Waals surface area contributed by atoms with E-state index < -0.39 is 29.7 Å². The van der Waals surface area contributed by atoms with Crippen LogP contribution < -0.4 is 4.90 Å². The van der Waals surface area contributed by atoms with Gasteiger partial charge in [-0.2, -0.15) is 13.2 Å². The number of rotatable bonds is 4. The van der Waals surface area contributed by atoms with Crippen LogP contribution in [0.1, 0.15) is 18.4 Å². The molecule has 8 heteroatoms. The zero-order valence-electron chi connectivity index (χ0n) is 11.5. The molecule has 1 heterocycles. The van der Waals surface area contributed by atoms with Crippen LogP contribution in [0.25, 0.3) is 0 Å². The van der Waals surface area contributed by atoms with Gasteiger partial charge in [-0.1, -0.05) is 6.07 Å². The minimum Gasteiger partial charge on any atom is -0.481 e.